The van der Waals surface area contributed by atoms with Gasteiger partial charge in [-0.2, -0.15) is 0 Å². The molecule has 0 bridgehead atoms. The second kappa shape index (κ2) is 7.28. The van der Waals surface area contributed by atoms with Crippen molar-refractivity contribution in [3.8, 4) is 0 Å². The highest BCUT2D eigenvalue weighted by Gasteiger charge is 2.50. The minimum absolute atomic E-state index is 0.0211. The van der Waals surface area contributed by atoms with Crippen LogP contribution in [-0.4, -0.2) is 26.1 Å². The fraction of sp³-hybridized carbons (Fsp3) is 0.364. The maximum Gasteiger partial charge on any atom is 0.261 e. The summed E-state index contributed by atoms with van der Waals surface area (Å²) in [6, 6.07) is 21.3. The van der Waals surface area contributed by atoms with Crippen molar-refractivity contribution in [1.82, 2.24) is 0 Å². The van der Waals surface area contributed by atoms with Gasteiger partial charge in [-0.1, -0.05) is 93.6 Å². The van der Waals surface area contributed by atoms with Crippen LogP contribution in [0.5, 0.6) is 0 Å². The van der Waals surface area contributed by atoms with E-state index in [4.69, 9.17) is 4.43 Å². The second-order valence-corrected chi connectivity index (χ2v) is 12.2. The highest BCUT2D eigenvalue weighted by molar-refractivity contribution is 6.99. The molecule has 2 aromatic carbocycles. The van der Waals surface area contributed by atoms with Gasteiger partial charge in [0.1, 0.15) is 0 Å². The summed E-state index contributed by atoms with van der Waals surface area (Å²) in [6.45, 7) is 7.43. The maximum absolute atomic E-state index is 10.2. The van der Waals surface area contributed by atoms with Gasteiger partial charge in [0.2, 0.25) is 0 Å². The molecule has 0 aliphatic heterocycles. The van der Waals surface area contributed by atoms with E-state index in [1.807, 2.05) is 6.08 Å². The zero-order chi connectivity index (χ0) is 17.9. The first kappa shape index (κ1) is 18.1. The number of rotatable bonds is 5. The van der Waals surface area contributed by atoms with Crippen LogP contribution in [-0.2, 0) is 4.43 Å². The molecule has 2 atom stereocenters. The first-order valence-electron chi connectivity index (χ1n) is 9.05. The minimum Gasteiger partial charge on any atom is -0.407 e. The predicted octanol–water partition coefficient (Wildman–Crippen LogP) is 3.50. The Morgan fingerprint density at radius 2 is 1.48 bits per heavy atom. The summed E-state index contributed by atoms with van der Waals surface area (Å²) >= 11 is 0. The molecule has 0 radical (unpaired) electrons. The third-order valence-corrected chi connectivity index (χ3v) is 10.2. The lowest BCUT2D eigenvalue weighted by molar-refractivity contribution is 0.117. The van der Waals surface area contributed by atoms with Gasteiger partial charge in [-0.15, -0.1) is 0 Å². The normalized spacial score (nSPS) is 20.8. The smallest absolute Gasteiger partial charge is 0.261 e. The van der Waals surface area contributed by atoms with E-state index in [-0.39, 0.29) is 11.0 Å². The highest BCUT2D eigenvalue weighted by Crippen LogP contribution is 2.37. The summed E-state index contributed by atoms with van der Waals surface area (Å²) < 4.78 is 6.86. The van der Waals surface area contributed by atoms with E-state index in [1.54, 1.807) is 0 Å². The molecule has 3 heteroatoms. The van der Waals surface area contributed by atoms with Crippen molar-refractivity contribution in [3.05, 3.63) is 72.8 Å². The van der Waals surface area contributed by atoms with Crippen LogP contribution in [0.3, 0.4) is 0 Å². The molecule has 1 aliphatic carbocycles. The Morgan fingerprint density at radius 1 is 0.960 bits per heavy atom. The Labute approximate surface area is 152 Å². The Bertz CT molecular complexity index is 664. The first-order chi connectivity index (χ1) is 11.9. The predicted molar refractivity (Wildman–Crippen MR) is 107 cm³/mol. The summed E-state index contributed by atoms with van der Waals surface area (Å²) in [6.07, 6.45) is 4.45. The van der Waals surface area contributed by atoms with Gasteiger partial charge in [0.05, 0.1) is 6.10 Å². The lowest BCUT2D eigenvalue weighted by Gasteiger charge is -2.43. The van der Waals surface area contributed by atoms with Gasteiger partial charge in [0, 0.05) is 12.5 Å². The lowest BCUT2D eigenvalue weighted by atomic mass is 10.1. The third-order valence-electron chi connectivity index (χ3n) is 5.19. The topological polar surface area (TPSA) is 29.5 Å². The lowest BCUT2D eigenvalue weighted by Crippen LogP contribution is -2.67. The Morgan fingerprint density at radius 3 is 1.88 bits per heavy atom. The standard InChI is InChI=1S/C22H28O2Si/c1-22(2,3)25(19-12-6-4-7-13-19,20-14-8-5-9-15-20)24-17-18-11-10-16-21(18)23/h4-10,12-16,18,21,23H,11,17H2,1-3H3/t18-,21-/m1/s1. The summed E-state index contributed by atoms with van der Waals surface area (Å²) in [5, 5.41) is 12.7. The van der Waals surface area contributed by atoms with Crippen LogP contribution in [0.15, 0.2) is 72.8 Å². The number of aliphatic hydroxyl groups is 1. The van der Waals surface area contributed by atoms with Crippen molar-refractivity contribution in [3.63, 3.8) is 0 Å². The third kappa shape index (κ3) is 3.50. The monoisotopic (exact) mass is 352 g/mol. The Balaban J connectivity index is 2.05. The molecule has 0 saturated heterocycles. The molecule has 0 aromatic heterocycles. The summed E-state index contributed by atoms with van der Waals surface area (Å²) in [5.74, 6) is 0.154. The zero-order valence-electron chi connectivity index (χ0n) is 15.4. The molecular formula is C22H28O2Si. The van der Waals surface area contributed by atoms with Crippen molar-refractivity contribution in [2.45, 2.75) is 38.3 Å². The van der Waals surface area contributed by atoms with Crippen LogP contribution < -0.4 is 10.4 Å². The van der Waals surface area contributed by atoms with Gasteiger partial charge in [0.15, 0.2) is 0 Å². The van der Waals surface area contributed by atoms with Crippen LogP contribution >= 0.6 is 0 Å². The van der Waals surface area contributed by atoms with Gasteiger partial charge in [-0.05, 0) is 21.8 Å². The molecule has 1 aliphatic rings. The fourth-order valence-electron chi connectivity index (χ4n) is 3.85. The van der Waals surface area contributed by atoms with Crippen molar-refractivity contribution in [2.24, 2.45) is 5.92 Å². The molecule has 25 heavy (non-hydrogen) atoms. The molecule has 2 nitrogen and oxygen atoms in total. The molecule has 0 amide bonds. The molecule has 0 fully saturated rings. The van der Waals surface area contributed by atoms with Gasteiger partial charge >= 0.3 is 0 Å². The van der Waals surface area contributed by atoms with Crippen molar-refractivity contribution in [2.75, 3.05) is 6.61 Å². The SMILES string of the molecule is CC(C)(C)[Si](OC[C@H]1CC=C[C@H]1O)(c1ccccc1)c1ccccc1. The molecular weight excluding hydrogens is 324 g/mol. The second-order valence-electron chi connectivity index (χ2n) is 7.89. The molecule has 2 aromatic rings. The molecule has 0 saturated carbocycles. The first-order valence-corrected chi connectivity index (χ1v) is 11.0. The summed E-state index contributed by atoms with van der Waals surface area (Å²) in [7, 11) is -2.49. The number of hydrogen-bond acceptors (Lipinski definition) is 2. The summed E-state index contributed by atoms with van der Waals surface area (Å²) in [5.41, 5.74) is 0. The maximum atomic E-state index is 10.2. The van der Waals surface area contributed by atoms with Gasteiger partial charge in [-0.25, -0.2) is 0 Å². The Hall–Kier alpha value is -1.68. The van der Waals surface area contributed by atoms with Gasteiger partial charge in [0.25, 0.3) is 8.32 Å². The molecule has 1 N–H and O–H groups in total. The van der Waals surface area contributed by atoms with E-state index in [1.165, 1.54) is 10.4 Å². The molecule has 3 rings (SSSR count). The van der Waals surface area contributed by atoms with E-state index < -0.39 is 14.4 Å². The minimum atomic E-state index is -2.49. The molecule has 0 spiro atoms. The van der Waals surface area contributed by atoms with Crippen molar-refractivity contribution >= 4 is 18.7 Å². The zero-order valence-corrected chi connectivity index (χ0v) is 16.4. The summed E-state index contributed by atoms with van der Waals surface area (Å²) in [4.78, 5) is 0. The quantitative estimate of drug-likeness (QED) is 0.659. The average Bonchev–Trinajstić information content (AvgIpc) is 3.01. The van der Waals surface area contributed by atoms with E-state index in [0.717, 1.165) is 6.42 Å². The van der Waals surface area contributed by atoms with Crippen LogP contribution in [0.4, 0.5) is 0 Å². The van der Waals surface area contributed by atoms with Crippen molar-refractivity contribution < 1.29 is 9.53 Å². The number of hydrogen-bond donors (Lipinski definition) is 1. The van der Waals surface area contributed by atoms with Crippen LogP contribution in [0.25, 0.3) is 0 Å². The van der Waals surface area contributed by atoms with Crippen LogP contribution in [0.2, 0.25) is 5.04 Å². The number of allylic oxidation sites excluding steroid dienone is 1. The molecule has 132 valence electrons. The van der Waals surface area contributed by atoms with Gasteiger partial charge < -0.3 is 9.53 Å². The highest BCUT2D eigenvalue weighted by atomic mass is 28.4. The van der Waals surface area contributed by atoms with E-state index in [9.17, 15) is 5.11 Å². The molecule has 0 unspecified atom stereocenters. The number of aliphatic hydroxyl groups excluding tert-OH is 1. The van der Waals surface area contributed by atoms with Gasteiger partial charge in [-0.3, -0.25) is 0 Å². The fourth-order valence-corrected chi connectivity index (χ4v) is 8.47. The molecule has 0 heterocycles. The van der Waals surface area contributed by atoms with Crippen molar-refractivity contribution in [1.29, 1.82) is 0 Å². The largest absolute Gasteiger partial charge is 0.407 e. The Kier molecular flexibility index (Phi) is 5.28. The average molecular weight is 353 g/mol. The van der Waals surface area contributed by atoms with E-state index in [0.29, 0.717) is 6.61 Å². The van der Waals surface area contributed by atoms with E-state index in [2.05, 4.69) is 87.5 Å². The van der Waals surface area contributed by atoms with E-state index >= 15 is 0 Å². The number of benzene rings is 2. The van der Waals surface area contributed by atoms with Crippen LogP contribution in [0, 0.1) is 5.92 Å². The van der Waals surface area contributed by atoms with Crippen LogP contribution in [0.1, 0.15) is 27.2 Å².